The van der Waals surface area contributed by atoms with Gasteiger partial charge < -0.3 is 20.8 Å². The van der Waals surface area contributed by atoms with Crippen molar-refractivity contribution in [1.29, 1.82) is 0 Å². The molecular formula is C11H14N2O4S. The van der Waals surface area contributed by atoms with E-state index in [-0.39, 0.29) is 0 Å². The summed E-state index contributed by atoms with van der Waals surface area (Å²) >= 11 is 1.53. The molecule has 1 aromatic carbocycles. The number of carboxylic acids is 1. The Balaban J connectivity index is 2.61. The van der Waals surface area contributed by atoms with Crippen LogP contribution in [-0.4, -0.2) is 41.1 Å². The molecular weight excluding hydrogens is 256 g/mol. The van der Waals surface area contributed by atoms with Crippen LogP contribution in [0.25, 0.3) is 0 Å². The first-order chi connectivity index (χ1) is 8.56. The number of aliphatic hydroxyl groups excluding tert-OH is 1. The lowest BCUT2D eigenvalue weighted by Gasteiger charge is -2.12. The predicted octanol–water partition coefficient (Wildman–Crippen LogP) is 0.976. The number of benzene rings is 1. The molecule has 0 aromatic heterocycles. The first kappa shape index (κ1) is 14.3. The van der Waals surface area contributed by atoms with Crippen LogP contribution in [0.3, 0.4) is 0 Å². The third kappa shape index (κ3) is 4.27. The number of aliphatic hydroxyl groups is 1. The lowest BCUT2D eigenvalue weighted by atomic mass is 10.3. The van der Waals surface area contributed by atoms with E-state index in [0.717, 1.165) is 4.90 Å². The van der Waals surface area contributed by atoms with Crippen LogP contribution in [0, 0.1) is 0 Å². The fourth-order valence-corrected chi connectivity index (χ4v) is 1.67. The minimum absolute atomic E-state index is 0.557. The van der Waals surface area contributed by atoms with E-state index < -0.39 is 24.6 Å². The first-order valence-corrected chi connectivity index (χ1v) is 6.34. The van der Waals surface area contributed by atoms with Gasteiger partial charge in [-0.25, -0.2) is 9.59 Å². The molecule has 18 heavy (non-hydrogen) atoms. The summed E-state index contributed by atoms with van der Waals surface area (Å²) in [6.45, 7) is -0.659. The van der Waals surface area contributed by atoms with Gasteiger partial charge in [-0.1, -0.05) is 6.07 Å². The van der Waals surface area contributed by atoms with Crippen molar-refractivity contribution in [3.05, 3.63) is 24.3 Å². The SMILES string of the molecule is CSc1cccc(NC(=O)NC(CO)C(=O)O)c1. The average Bonchev–Trinajstić information content (AvgIpc) is 2.35. The van der Waals surface area contributed by atoms with Crippen LogP contribution in [0.15, 0.2) is 29.2 Å². The van der Waals surface area contributed by atoms with Gasteiger partial charge in [0.05, 0.1) is 6.61 Å². The summed E-state index contributed by atoms with van der Waals surface area (Å²) in [5, 5.41) is 22.1. The van der Waals surface area contributed by atoms with E-state index in [1.807, 2.05) is 12.3 Å². The Hall–Kier alpha value is -1.73. The number of anilines is 1. The highest BCUT2D eigenvalue weighted by atomic mass is 32.2. The molecule has 4 N–H and O–H groups in total. The Labute approximate surface area is 108 Å². The summed E-state index contributed by atoms with van der Waals surface area (Å²) in [5.74, 6) is -1.29. The number of hydrogen-bond acceptors (Lipinski definition) is 4. The number of urea groups is 1. The Morgan fingerprint density at radius 3 is 2.72 bits per heavy atom. The maximum Gasteiger partial charge on any atom is 0.328 e. The van der Waals surface area contributed by atoms with Crippen LogP contribution in [0.2, 0.25) is 0 Å². The van der Waals surface area contributed by atoms with Gasteiger partial charge in [0.25, 0.3) is 0 Å². The summed E-state index contributed by atoms with van der Waals surface area (Å²) < 4.78 is 0. The topological polar surface area (TPSA) is 98.7 Å². The molecule has 1 atom stereocenters. The lowest BCUT2D eigenvalue weighted by Crippen LogP contribution is -2.45. The van der Waals surface area contributed by atoms with Gasteiger partial charge in [0.15, 0.2) is 6.04 Å². The van der Waals surface area contributed by atoms with Crippen molar-refractivity contribution in [3.63, 3.8) is 0 Å². The number of rotatable bonds is 5. The van der Waals surface area contributed by atoms with Gasteiger partial charge in [-0.3, -0.25) is 0 Å². The Bertz CT molecular complexity index is 439. The molecule has 7 heteroatoms. The van der Waals surface area contributed by atoms with Gasteiger partial charge in [-0.05, 0) is 24.5 Å². The van der Waals surface area contributed by atoms with Crippen molar-refractivity contribution in [2.75, 3.05) is 18.2 Å². The maximum atomic E-state index is 11.5. The minimum atomic E-state index is -1.31. The number of amides is 2. The second-order valence-corrected chi connectivity index (χ2v) is 4.28. The zero-order valence-electron chi connectivity index (χ0n) is 9.71. The normalized spacial score (nSPS) is 11.7. The van der Waals surface area contributed by atoms with E-state index in [9.17, 15) is 9.59 Å². The van der Waals surface area contributed by atoms with Crippen LogP contribution in [0.1, 0.15) is 0 Å². The summed E-state index contributed by atoms with van der Waals surface area (Å²) in [6, 6.07) is 5.14. The number of carbonyl (C=O) groups is 2. The van der Waals surface area contributed by atoms with E-state index in [2.05, 4.69) is 10.6 Å². The highest BCUT2D eigenvalue weighted by Crippen LogP contribution is 2.18. The second kappa shape index (κ2) is 6.87. The Kier molecular flexibility index (Phi) is 5.47. The van der Waals surface area contributed by atoms with E-state index in [0.29, 0.717) is 5.69 Å². The standard InChI is InChI=1S/C11H14N2O4S/c1-18-8-4-2-3-7(5-8)12-11(17)13-9(6-14)10(15)16/h2-5,9,14H,6H2,1H3,(H,15,16)(H2,12,13,17). The van der Waals surface area contributed by atoms with Gasteiger partial charge in [0.1, 0.15) is 0 Å². The highest BCUT2D eigenvalue weighted by molar-refractivity contribution is 7.98. The summed E-state index contributed by atoms with van der Waals surface area (Å²) in [7, 11) is 0. The van der Waals surface area contributed by atoms with Crippen molar-refractivity contribution in [2.24, 2.45) is 0 Å². The first-order valence-electron chi connectivity index (χ1n) is 5.12. The molecule has 0 aliphatic rings. The van der Waals surface area contributed by atoms with Gasteiger partial charge in [0.2, 0.25) is 0 Å². The van der Waals surface area contributed by atoms with Crippen molar-refractivity contribution in [2.45, 2.75) is 10.9 Å². The van der Waals surface area contributed by atoms with Crippen LogP contribution in [0.5, 0.6) is 0 Å². The zero-order valence-corrected chi connectivity index (χ0v) is 10.5. The van der Waals surface area contributed by atoms with Crippen LogP contribution in [-0.2, 0) is 4.79 Å². The van der Waals surface area contributed by atoms with E-state index in [1.54, 1.807) is 18.2 Å². The zero-order chi connectivity index (χ0) is 13.5. The molecule has 0 saturated carbocycles. The summed E-state index contributed by atoms with van der Waals surface area (Å²) in [4.78, 5) is 23.1. The van der Waals surface area contributed by atoms with Crippen LogP contribution in [0.4, 0.5) is 10.5 Å². The number of hydrogen-bond donors (Lipinski definition) is 4. The average molecular weight is 270 g/mol. The predicted molar refractivity (Wildman–Crippen MR) is 68.9 cm³/mol. The molecule has 0 bridgehead atoms. The summed E-state index contributed by atoms with van der Waals surface area (Å²) in [6.07, 6.45) is 1.91. The molecule has 98 valence electrons. The molecule has 0 fully saturated rings. The molecule has 2 amide bonds. The third-order valence-corrected chi connectivity index (χ3v) is 2.84. The van der Waals surface area contributed by atoms with Crippen molar-refractivity contribution < 1.29 is 19.8 Å². The van der Waals surface area contributed by atoms with E-state index in [1.165, 1.54) is 11.8 Å². The molecule has 0 spiro atoms. The van der Waals surface area contributed by atoms with Gasteiger partial charge in [-0.15, -0.1) is 11.8 Å². The molecule has 1 unspecified atom stereocenters. The van der Waals surface area contributed by atoms with Gasteiger partial charge in [-0.2, -0.15) is 0 Å². The van der Waals surface area contributed by atoms with Gasteiger partial charge >= 0.3 is 12.0 Å². The van der Waals surface area contributed by atoms with Crippen LogP contribution >= 0.6 is 11.8 Å². The van der Waals surface area contributed by atoms with Crippen molar-refractivity contribution >= 4 is 29.4 Å². The Morgan fingerprint density at radius 1 is 1.44 bits per heavy atom. The molecule has 6 nitrogen and oxygen atoms in total. The summed E-state index contributed by atoms with van der Waals surface area (Å²) in [5.41, 5.74) is 0.557. The molecule has 0 aliphatic carbocycles. The third-order valence-electron chi connectivity index (χ3n) is 2.11. The molecule has 0 saturated heterocycles. The molecule has 0 heterocycles. The number of carbonyl (C=O) groups excluding carboxylic acids is 1. The minimum Gasteiger partial charge on any atom is -0.480 e. The quantitative estimate of drug-likeness (QED) is 0.598. The molecule has 0 radical (unpaired) electrons. The fraction of sp³-hybridized carbons (Fsp3) is 0.273. The number of thioether (sulfide) groups is 1. The van der Waals surface area contributed by atoms with E-state index >= 15 is 0 Å². The van der Waals surface area contributed by atoms with E-state index in [4.69, 9.17) is 10.2 Å². The molecule has 1 rings (SSSR count). The smallest absolute Gasteiger partial charge is 0.328 e. The van der Waals surface area contributed by atoms with Crippen molar-refractivity contribution in [3.8, 4) is 0 Å². The van der Waals surface area contributed by atoms with Crippen molar-refractivity contribution in [1.82, 2.24) is 5.32 Å². The number of nitrogens with one attached hydrogen (secondary N) is 2. The van der Waals surface area contributed by atoms with Gasteiger partial charge in [0, 0.05) is 10.6 Å². The fourth-order valence-electron chi connectivity index (χ4n) is 1.21. The second-order valence-electron chi connectivity index (χ2n) is 3.40. The number of aliphatic carboxylic acids is 1. The monoisotopic (exact) mass is 270 g/mol. The van der Waals surface area contributed by atoms with Crippen LogP contribution < -0.4 is 10.6 Å². The highest BCUT2D eigenvalue weighted by Gasteiger charge is 2.18. The Morgan fingerprint density at radius 2 is 2.17 bits per heavy atom. The molecule has 0 aliphatic heterocycles. The lowest BCUT2D eigenvalue weighted by molar-refractivity contribution is -0.140. The molecule has 1 aromatic rings. The maximum absolute atomic E-state index is 11.5. The number of carboxylic acid groups (broad SMARTS) is 1. The largest absolute Gasteiger partial charge is 0.480 e.